The second-order valence-corrected chi connectivity index (χ2v) is 5.38. The molecule has 4 nitrogen and oxygen atoms in total. The Morgan fingerprint density at radius 2 is 2.00 bits per heavy atom. The fourth-order valence-corrected chi connectivity index (χ4v) is 2.23. The number of ether oxygens (including phenoxy) is 1. The molecule has 0 saturated carbocycles. The minimum absolute atomic E-state index is 0.00673. The van der Waals surface area contributed by atoms with Gasteiger partial charge in [-0.3, -0.25) is 4.79 Å². The van der Waals surface area contributed by atoms with E-state index >= 15 is 0 Å². The molecule has 0 aliphatic heterocycles. The van der Waals surface area contributed by atoms with E-state index in [4.69, 9.17) is 16.3 Å². The molecule has 0 saturated heterocycles. The first-order valence-corrected chi connectivity index (χ1v) is 7.22. The number of aromatic nitrogens is 1. The normalized spacial score (nSPS) is 10.4. The number of nitrogens with one attached hydrogen (secondary N) is 2. The van der Waals surface area contributed by atoms with Gasteiger partial charge >= 0.3 is 0 Å². The van der Waals surface area contributed by atoms with E-state index in [1.165, 1.54) is 5.56 Å². The summed E-state index contributed by atoms with van der Waals surface area (Å²) in [6.45, 7) is 4.66. The maximum Gasteiger partial charge on any atom is 0.257 e. The van der Waals surface area contributed by atoms with Gasteiger partial charge in [0, 0.05) is 23.0 Å². The predicted molar refractivity (Wildman–Crippen MR) is 83.9 cm³/mol. The third kappa shape index (κ3) is 4.83. The highest BCUT2D eigenvalue weighted by Crippen LogP contribution is 2.15. The molecule has 0 unspecified atom stereocenters. The van der Waals surface area contributed by atoms with Crippen LogP contribution in [0.5, 0.6) is 5.75 Å². The molecule has 5 heteroatoms. The highest BCUT2D eigenvalue weighted by molar-refractivity contribution is 6.30. The van der Waals surface area contributed by atoms with Crippen LogP contribution in [0.25, 0.3) is 0 Å². The van der Waals surface area contributed by atoms with Gasteiger partial charge in [-0.05, 0) is 56.2 Å². The molecule has 0 spiro atoms. The summed E-state index contributed by atoms with van der Waals surface area (Å²) in [4.78, 5) is 14.9. The van der Waals surface area contributed by atoms with Crippen LogP contribution in [0.15, 0.2) is 30.3 Å². The first kappa shape index (κ1) is 15.4. The minimum Gasteiger partial charge on any atom is -0.484 e. The lowest BCUT2D eigenvalue weighted by molar-refractivity contribution is -0.123. The molecule has 0 fully saturated rings. The number of carbonyl (C=O) groups excluding carboxylic acids is 1. The van der Waals surface area contributed by atoms with Crippen LogP contribution in [0, 0.1) is 13.8 Å². The van der Waals surface area contributed by atoms with Gasteiger partial charge in [-0.1, -0.05) is 11.6 Å². The van der Waals surface area contributed by atoms with Gasteiger partial charge in [-0.15, -0.1) is 0 Å². The number of aromatic amines is 1. The Hall–Kier alpha value is -1.94. The van der Waals surface area contributed by atoms with E-state index in [1.807, 2.05) is 13.8 Å². The lowest BCUT2D eigenvalue weighted by atomic mass is 10.2. The number of rotatable bonds is 6. The molecule has 0 aliphatic rings. The van der Waals surface area contributed by atoms with Gasteiger partial charge in [-0.25, -0.2) is 0 Å². The number of H-pyrrole nitrogens is 1. The van der Waals surface area contributed by atoms with E-state index in [0.717, 1.165) is 17.8 Å². The van der Waals surface area contributed by atoms with Crippen molar-refractivity contribution in [1.82, 2.24) is 10.3 Å². The Balaban J connectivity index is 1.70. The fourth-order valence-electron chi connectivity index (χ4n) is 2.11. The van der Waals surface area contributed by atoms with Gasteiger partial charge in [0.05, 0.1) is 0 Å². The highest BCUT2D eigenvalue weighted by Gasteiger charge is 2.05. The smallest absolute Gasteiger partial charge is 0.257 e. The van der Waals surface area contributed by atoms with Gasteiger partial charge in [-0.2, -0.15) is 0 Å². The van der Waals surface area contributed by atoms with Crippen molar-refractivity contribution in [3.05, 3.63) is 52.3 Å². The van der Waals surface area contributed by atoms with Gasteiger partial charge in [0.2, 0.25) is 0 Å². The zero-order chi connectivity index (χ0) is 15.2. The Morgan fingerprint density at radius 1 is 1.29 bits per heavy atom. The standard InChI is InChI=1S/C16H19ClN2O2/c1-11-9-13(12(2)19-11)7-8-18-16(20)10-21-15-5-3-14(17)4-6-15/h3-6,9,19H,7-8,10H2,1-2H3,(H,18,20). The quantitative estimate of drug-likeness (QED) is 0.862. The van der Waals surface area contributed by atoms with Gasteiger partial charge in [0.25, 0.3) is 5.91 Å². The van der Waals surface area contributed by atoms with E-state index in [-0.39, 0.29) is 12.5 Å². The van der Waals surface area contributed by atoms with Crippen molar-refractivity contribution in [2.24, 2.45) is 0 Å². The summed E-state index contributed by atoms with van der Waals surface area (Å²) >= 11 is 5.78. The SMILES string of the molecule is Cc1cc(CCNC(=O)COc2ccc(Cl)cc2)c(C)[nH]1. The van der Waals surface area contributed by atoms with E-state index in [9.17, 15) is 4.79 Å². The minimum atomic E-state index is -0.130. The van der Waals surface area contributed by atoms with Crippen LogP contribution in [0.4, 0.5) is 0 Å². The van der Waals surface area contributed by atoms with Crippen LogP contribution >= 0.6 is 11.6 Å². The van der Waals surface area contributed by atoms with Crippen LogP contribution in [0.3, 0.4) is 0 Å². The molecule has 21 heavy (non-hydrogen) atoms. The third-order valence-corrected chi connectivity index (χ3v) is 3.41. The summed E-state index contributed by atoms with van der Waals surface area (Å²) in [5, 5.41) is 3.49. The summed E-state index contributed by atoms with van der Waals surface area (Å²) in [6, 6.07) is 9.03. The summed E-state index contributed by atoms with van der Waals surface area (Å²) in [5.41, 5.74) is 3.52. The summed E-state index contributed by atoms with van der Waals surface area (Å²) in [7, 11) is 0. The van der Waals surface area contributed by atoms with Crippen molar-refractivity contribution in [3.8, 4) is 5.75 Å². The molecular weight excluding hydrogens is 288 g/mol. The molecule has 1 aromatic heterocycles. The molecule has 0 atom stereocenters. The lowest BCUT2D eigenvalue weighted by Gasteiger charge is -2.07. The molecule has 1 amide bonds. The molecule has 0 aliphatic carbocycles. The topological polar surface area (TPSA) is 54.1 Å². The number of hydrogen-bond acceptors (Lipinski definition) is 2. The zero-order valence-corrected chi connectivity index (χ0v) is 13.0. The molecule has 0 bridgehead atoms. The summed E-state index contributed by atoms with van der Waals surface area (Å²) < 4.78 is 5.38. The molecular formula is C16H19ClN2O2. The molecule has 1 aromatic carbocycles. The van der Waals surface area contributed by atoms with E-state index < -0.39 is 0 Å². The first-order chi connectivity index (χ1) is 10.0. The molecule has 2 N–H and O–H groups in total. The number of benzene rings is 1. The first-order valence-electron chi connectivity index (χ1n) is 6.85. The monoisotopic (exact) mass is 306 g/mol. The maximum atomic E-state index is 11.7. The van der Waals surface area contributed by atoms with Crippen molar-refractivity contribution in [2.75, 3.05) is 13.2 Å². The van der Waals surface area contributed by atoms with Crippen LogP contribution < -0.4 is 10.1 Å². The fraction of sp³-hybridized carbons (Fsp3) is 0.312. The van der Waals surface area contributed by atoms with Gasteiger partial charge in [0.1, 0.15) is 5.75 Å². The van der Waals surface area contributed by atoms with Crippen molar-refractivity contribution >= 4 is 17.5 Å². The molecule has 0 radical (unpaired) electrons. The average molecular weight is 307 g/mol. The number of halogens is 1. The number of aryl methyl sites for hydroxylation is 2. The van der Waals surface area contributed by atoms with Crippen LogP contribution in [0.2, 0.25) is 5.02 Å². The summed E-state index contributed by atoms with van der Waals surface area (Å²) in [5.74, 6) is 0.501. The van der Waals surface area contributed by atoms with Crippen molar-refractivity contribution in [2.45, 2.75) is 20.3 Å². The van der Waals surface area contributed by atoms with Crippen LogP contribution in [0.1, 0.15) is 17.0 Å². The van der Waals surface area contributed by atoms with Gasteiger partial charge in [0.15, 0.2) is 6.61 Å². The Morgan fingerprint density at radius 3 is 2.62 bits per heavy atom. The number of amides is 1. The molecule has 112 valence electrons. The van der Waals surface area contributed by atoms with E-state index in [0.29, 0.717) is 17.3 Å². The second-order valence-electron chi connectivity index (χ2n) is 4.95. The largest absolute Gasteiger partial charge is 0.484 e. The predicted octanol–water partition coefficient (Wildman–Crippen LogP) is 3.02. The average Bonchev–Trinajstić information content (AvgIpc) is 2.76. The van der Waals surface area contributed by atoms with Crippen molar-refractivity contribution in [1.29, 1.82) is 0 Å². The summed E-state index contributed by atoms with van der Waals surface area (Å²) in [6.07, 6.45) is 0.808. The van der Waals surface area contributed by atoms with Crippen LogP contribution in [-0.2, 0) is 11.2 Å². The Kier molecular flexibility index (Phi) is 5.28. The zero-order valence-electron chi connectivity index (χ0n) is 12.2. The maximum absolute atomic E-state index is 11.7. The number of carbonyl (C=O) groups is 1. The van der Waals surface area contributed by atoms with Crippen molar-refractivity contribution < 1.29 is 9.53 Å². The molecule has 1 heterocycles. The molecule has 2 rings (SSSR count). The lowest BCUT2D eigenvalue weighted by Crippen LogP contribution is -2.30. The van der Waals surface area contributed by atoms with Crippen LogP contribution in [-0.4, -0.2) is 24.0 Å². The van der Waals surface area contributed by atoms with Crippen molar-refractivity contribution in [3.63, 3.8) is 0 Å². The second kappa shape index (κ2) is 7.18. The molecule has 2 aromatic rings. The number of hydrogen-bond donors (Lipinski definition) is 2. The Bertz CT molecular complexity index is 605. The Labute approximate surface area is 129 Å². The highest BCUT2D eigenvalue weighted by atomic mass is 35.5. The van der Waals surface area contributed by atoms with E-state index in [2.05, 4.69) is 16.4 Å². The van der Waals surface area contributed by atoms with E-state index in [1.54, 1.807) is 24.3 Å². The third-order valence-electron chi connectivity index (χ3n) is 3.16. The van der Waals surface area contributed by atoms with Gasteiger partial charge < -0.3 is 15.0 Å².